The maximum atomic E-state index is 13.3. The smallest absolute Gasteiger partial charge is 0.309 e. The molecule has 1 saturated heterocycles. The molecule has 4 aromatic rings. The average molecular weight is 513 g/mol. The number of benzene rings is 3. The normalized spacial score (nSPS) is 13.9. The summed E-state index contributed by atoms with van der Waals surface area (Å²) < 4.78 is 6.06. The summed E-state index contributed by atoms with van der Waals surface area (Å²) >= 11 is 18.6. The van der Waals surface area contributed by atoms with Gasteiger partial charge < -0.3 is 14.2 Å². The van der Waals surface area contributed by atoms with Gasteiger partial charge in [-0.25, -0.2) is 4.98 Å². The molecule has 0 spiro atoms. The number of aromatic nitrogens is 1. The molecule has 172 valence electrons. The fourth-order valence-electron chi connectivity index (χ4n) is 4.02. The Morgan fingerprint density at radius 3 is 2.26 bits per heavy atom. The predicted octanol–water partition coefficient (Wildman–Crippen LogP) is 6.93. The monoisotopic (exact) mass is 511 g/mol. The first-order valence-electron chi connectivity index (χ1n) is 10.8. The van der Waals surface area contributed by atoms with Crippen molar-refractivity contribution in [3.05, 3.63) is 93.8 Å². The number of halogens is 3. The van der Waals surface area contributed by atoms with Crippen molar-refractivity contribution in [2.75, 3.05) is 31.1 Å². The first-order valence-corrected chi connectivity index (χ1v) is 11.9. The van der Waals surface area contributed by atoms with Gasteiger partial charge in [-0.3, -0.25) is 4.79 Å². The fourth-order valence-corrected chi connectivity index (χ4v) is 4.56. The number of rotatable bonds is 4. The number of hydrogen-bond donors (Lipinski definition) is 0. The van der Waals surface area contributed by atoms with E-state index in [4.69, 9.17) is 39.2 Å². The summed E-state index contributed by atoms with van der Waals surface area (Å²) in [6.07, 6.45) is 0. The predicted molar refractivity (Wildman–Crippen MR) is 137 cm³/mol. The Hall–Kier alpha value is -2.99. The zero-order valence-corrected chi connectivity index (χ0v) is 20.3. The molecule has 0 N–H and O–H groups in total. The first kappa shape index (κ1) is 22.8. The molecule has 1 fully saturated rings. The van der Waals surface area contributed by atoms with Crippen LogP contribution in [0.3, 0.4) is 0 Å². The number of hydrogen-bond acceptors (Lipinski definition) is 4. The van der Waals surface area contributed by atoms with Crippen molar-refractivity contribution in [1.82, 2.24) is 9.88 Å². The van der Waals surface area contributed by atoms with Crippen LogP contribution in [0.4, 0.5) is 5.69 Å². The largest absolute Gasteiger partial charge is 0.432 e. The fraction of sp³-hybridized carbons (Fsp3) is 0.154. The van der Waals surface area contributed by atoms with Gasteiger partial charge in [-0.15, -0.1) is 0 Å². The molecule has 3 aromatic carbocycles. The molecule has 2 heterocycles. The molecule has 1 amide bonds. The van der Waals surface area contributed by atoms with Crippen molar-refractivity contribution < 1.29 is 9.21 Å². The molecule has 0 radical (unpaired) electrons. The second-order valence-corrected chi connectivity index (χ2v) is 9.22. The molecule has 5 rings (SSSR count). The van der Waals surface area contributed by atoms with Gasteiger partial charge in [0, 0.05) is 53.0 Å². The number of nitrogens with zero attached hydrogens (tertiary/aromatic N) is 3. The first-order chi connectivity index (χ1) is 16.5. The Bertz CT molecular complexity index is 1330. The van der Waals surface area contributed by atoms with Gasteiger partial charge in [-0.1, -0.05) is 59.1 Å². The van der Waals surface area contributed by atoms with Crippen LogP contribution in [-0.2, 0) is 0 Å². The van der Waals surface area contributed by atoms with E-state index < -0.39 is 0 Å². The van der Waals surface area contributed by atoms with Crippen LogP contribution in [-0.4, -0.2) is 42.0 Å². The van der Waals surface area contributed by atoms with Gasteiger partial charge in [0.05, 0.1) is 5.02 Å². The van der Waals surface area contributed by atoms with Crippen LogP contribution in [0, 0.1) is 0 Å². The number of carbonyl (C=O) groups is 1. The molecule has 0 saturated carbocycles. The van der Waals surface area contributed by atoms with E-state index in [9.17, 15) is 4.79 Å². The van der Waals surface area contributed by atoms with E-state index in [0.29, 0.717) is 58.3 Å². The van der Waals surface area contributed by atoms with Crippen LogP contribution in [0.15, 0.2) is 77.2 Å². The highest BCUT2D eigenvalue weighted by atomic mass is 35.5. The lowest BCUT2D eigenvalue weighted by Crippen LogP contribution is -2.48. The second-order valence-electron chi connectivity index (χ2n) is 7.94. The minimum absolute atomic E-state index is 0.0380. The quantitative estimate of drug-likeness (QED) is 0.297. The van der Waals surface area contributed by atoms with Crippen molar-refractivity contribution in [2.45, 2.75) is 0 Å². The molecule has 1 aliphatic heterocycles. The van der Waals surface area contributed by atoms with Crippen LogP contribution in [0.2, 0.25) is 15.1 Å². The van der Waals surface area contributed by atoms with E-state index in [0.717, 1.165) is 11.3 Å². The highest BCUT2D eigenvalue weighted by molar-refractivity contribution is 6.33. The SMILES string of the molecule is O=C(c1nc(-c2ccccc2Cl)c(-c2ccc(Cl)cc2)o1)N1CCN(c2cccc(Cl)c2)CC1. The maximum Gasteiger partial charge on any atom is 0.309 e. The number of piperazine rings is 1. The summed E-state index contributed by atoms with van der Waals surface area (Å²) in [6, 6.07) is 22.3. The Kier molecular flexibility index (Phi) is 6.50. The molecule has 1 aromatic heterocycles. The minimum Gasteiger partial charge on any atom is -0.432 e. The molecule has 34 heavy (non-hydrogen) atoms. The maximum absolute atomic E-state index is 13.3. The van der Waals surface area contributed by atoms with Crippen LogP contribution in [0.1, 0.15) is 10.7 Å². The Balaban J connectivity index is 1.42. The molecule has 0 unspecified atom stereocenters. The molecular formula is C26H20Cl3N3O2. The second kappa shape index (κ2) is 9.71. The van der Waals surface area contributed by atoms with Gasteiger partial charge in [-0.05, 0) is 48.5 Å². The van der Waals surface area contributed by atoms with E-state index in [-0.39, 0.29) is 11.8 Å². The van der Waals surface area contributed by atoms with Gasteiger partial charge >= 0.3 is 5.91 Å². The Labute approximate surface area is 212 Å². The standard InChI is InChI=1S/C26H20Cl3N3O2/c27-18-10-8-17(9-11-18)24-23(21-6-1-2-7-22(21)29)30-25(34-24)26(33)32-14-12-31(13-15-32)20-5-3-4-19(28)16-20/h1-11,16H,12-15H2. The van der Waals surface area contributed by atoms with Crippen LogP contribution < -0.4 is 4.90 Å². The number of anilines is 1. The van der Waals surface area contributed by atoms with Crippen LogP contribution >= 0.6 is 34.8 Å². The van der Waals surface area contributed by atoms with Gasteiger partial charge in [-0.2, -0.15) is 0 Å². The van der Waals surface area contributed by atoms with Crippen molar-refractivity contribution >= 4 is 46.4 Å². The molecule has 0 atom stereocenters. The molecule has 8 heteroatoms. The van der Waals surface area contributed by atoms with Crippen LogP contribution in [0.25, 0.3) is 22.6 Å². The molecule has 0 bridgehead atoms. The van der Waals surface area contributed by atoms with Gasteiger partial charge in [0.2, 0.25) is 0 Å². The van der Waals surface area contributed by atoms with E-state index >= 15 is 0 Å². The van der Waals surface area contributed by atoms with E-state index in [1.54, 1.807) is 23.1 Å². The molecule has 1 aliphatic rings. The minimum atomic E-state index is -0.251. The third-order valence-corrected chi connectivity index (χ3v) is 6.60. The third kappa shape index (κ3) is 4.64. The summed E-state index contributed by atoms with van der Waals surface area (Å²) in [5.74, 6) is 0.265. The Morgan fingerprint density at radius 2 is 1.56 bits per heavy atom. The van der Waals surface area contributed by atoms with Gasteiger partial charge in [0.15, 0.2) is 5.76 Å². The molecular weight excluding hydrogens is 493 g/mol. The summed E-state index contributed by atoms with van der Waals surface area (Å²) in [5.41, 5.74) is 3.02. The molecule has 0 aliphatic carbocycles. The topological polar surface area (TPSA) is 49.6 Å². The zero-order chi connectivity index (χ0) is 23.7. The van der Waals surface area contributed by atoms with Crippen molar-refractivity contribution in [3.63, 3.8) is 0 Å². The van der Waals surface area contributed by atoms with E-state index in [1.807, 2.05) is 54.6 Å². The number of carbonyl (C=O) groups excluding carboxylic acids is 1. The summed E-state index contributed by atoms with van der Waals surface area (Å²) in [6.45, 7) is 2.47. The third-order valence-electron chi connectivity index (χ3n) is 5.79. The van der Waals surface area contributed by atoms with Crippen LogP contribution in [0.5, 0.6) is 0 Å². The van der Waals surface area contributed by atoms with Gasteiger partial charge in [0.1, 0.15) is 5.69 Å². The van der Waals surface area contributed by atoms with Crippen molar-refractivity contribution in [3.8, 4) is 22.6 Å². The lowest BCUT2D eigenvalue weighted by Gasteiger charge is -2.35. The number of amides is 1. The summed E-state index contributed by atoms with van der Waals surface area (Å²) in [7, 11) is 0. The lowest BCUT2D eigenvalue weighted by molar-refractivity contribution is 0.0707. The zero-order valence-electron chi connectivity index (χ0n) is 18.0. The average Bonchev–Trinajstić information content (AvgIpc) is 3.29. The van der Waals surface area contributed by atoms with Crippen molar-refractivity contribution in [1.29, 1.82) is 0 Å². The van der Waals surface area contributed by atoms with E-state index in [2.05, 4.69) is 9.88 Å². The van der Waals surface area contributed by atoms with Gasteiger partial charge in [0.25, 0.3) is 5.89 Å². The Morgan fingerprint density at radius 1 is 0.824 bits per heavy atom. The molecule has 5 nitrogen and oxygen atoms in total. The van der Waals surface area contributed by atoms with E-state index in [1.165, 1.54) is 0 Å². The highest BCUT2D eigenvalue weighted by Gasteiger charge is 2.28. The summed E-state index contributed by atoms with van der Waals surface area (Å²) in [4.78, 5) is 21.9. The number of oxazole rings is 1. The lowest BCUT2D eigenvalue weighted by atomic mass is 10.1. The highest BCUT2D eigenvalue weighted by Crippen LogP contribution is 2.37. The van der Waals surface area contributed by atoms with Crippen molar-refractivity contribution in [2.24, 2.45) is 0 Å². The summed E-state index contributed by atoms with van der Waals surface area (Å²) in [5, 5.41) is 1.83.